The van der Waals surface area contributed by atoms with E-state index in [1.54, 1.807) is 0 Å². The fraction of sp³-hybridized carbons (Fsp3) is 0.923. The standard InChI is InChI=1S/C13H23NO2/c1-10(11-5-3-2-4-6-11)14(9-13(15)16)12-7-8-12/h10-12H,2-9H2,1H3,(H,15,16). The minimum Gasteiger partial charge on any atom is -0.480 e. The molecular weight excluding hydrogens is 202 g/mol. The fourth-order valence-electron chi connectivity index (χ4n) is 3.06. The first-order valence-corrected chi connectivity index (χ1v) is 6.66. The Morgan fingerprint density at radius 1 is 1.25 bits per heavy atom. The summed E-state index contributed by atoms with van der Waals surface area (Å²) in [4.78, 5) is 13.1. The van der Waals surface area contributed by atoms with Gasteiger partial charge in [0.05, 0.1) is 6.54 Å². The van der Waals surface area contributed by atoms with E-state index >= 15 is 0 Å². The van der Waals surface area contributed by atoms with Crippen LogP contribution in [0.15, 0.2) is 0 Å². The number of rotatable bonds is 5. The lowest BCUT2D eigenvalue weighted by atomic mass is 9.84. The van der Waals surface area contributed by atoms with Crippen LogP contribution in [-0.4, -0.2) is 34.6 Å². The fourth-order valence-corrected chi connectivity index (χ4v) is 3.06. The third-order valence-corrected chi connectivity index (χ3v) is 4.19. The van der Waals surface area contributed by atoms with Gasteiger partial charge in [0.15, 0.2) is 0 Å². The third-order valence-electron chi connectivity index (χ3n) is 4.19. The first kappa shape index (κ1) is 11.9. The maximum Gasteiger partial charge on any atom is 0.317 e. The van der Waals surface area contributed by atoms with Crippen molar-refractivity contribution in [1.29, 1.82) is 0 Å². The molecule has 3 heteroatoms. The number of hydrogen-bond acceptors (Lipinski definition) is 2. The first-order valence-electron chi connectivity index (χ1n) is 6.66. The van der Waals surface area contributed by atoms with Crippen LogP contribution in [0, 0.1) is 5.92 Å². The molecule has 3 nitrogen and oxygen atoms in total. The van der Waals surface area contributed by atoms with Crippen LogP contribution in [0.1, 0.15) is 51.9 Å². The monoisotopic (exact) mass is 225 g/mol. The highest BCUT2D eigenvalue weighted by Crippen LogP contribution is 2.35. The van der Waals surface area contributed by atoms with Crippen molar-refractivity contribution < 1.29 is 9.90 Å². The molecule has 0 aromatic heterocycles. The third kappa shape index (κ3) is 2.97. The molecule has 0 heterocycles. The Kier molecular flexibility index (Phi) is 3.85. The highest BCUT2D eigenvalue weighted by Gasteiger charge is 2.36. The van der Waals surface area contributed by atoms with Gasteiger partial charge in [-0.15, -0.1) is 0 Å². The summed E-state index contributed by atoms with van der Waals surface area (Å²) in [6, 6.07) is 1.02. The highest BCUT2D eigenvalue weighted by molar-refractivity contribution is 5.69. The zero-order chi connectivity index (χ0) is 11.5. The van der Waals surface area contributed by atoms with E-state index < -0.39 is 5.97 Å². The van der Waals surface area contributed by atoms with E-state index in [9.17, 15) is 4.79 Å². The minimum absolute atomic E-state index is 0.238. The van der Waals surface area contributed by atoms with Crippen molar-refractivity contribution in [3.63, 3.8) is 0 Å². The summed E-state index contributed by atoms with van der Waals surface area (Å²) < 4.78 is 0. The van der Waals surface area contributed by atoms with Crippen LogP contribution in [0.25, 0.3) is 0 Å². The van der Waals surface area contributed by atoms with Crippen LogP contribution in [0.3, 0.4) is 0 Å². The molecule has 2 aliphatic rings. The SMILES string of the molecule is CC(C1CCCCC1)N(CC(=O)O)C1CC1. The molecule has 1 unspecified atom stereocenters. The van der Waals surface area contributed by atoms with E-state index in [4.69, 9.17) is 5.11 Å². The molecule has 0 aliphatic heterocycles. The van der Waals surface area contributed by atoms with Gasteiger partial charge in [0.25, 0.3) is 0 Å². The van der Waals surface area contributed by atoms with Gasteiger partial charge in [-0.05, 0) is 38.5 Å². The molecule has 2 fully saturated rings. The Bertz CT molecular complexity index is 244. The number of carboxylic acid groups (broad SMARTS) is 1. The molecule has 0 bridgehead atoms. The van der Waals surface area contributed by atoms with Gasteiger partial charge in [-0.25, -0.2) is 0 Å². The molecule has 2 saturated carbocycles. The smallest absolute Gasteiger partial charge is 0.317 e. The van der Waals surface area contributed by atoms with Gasteiger partial charge in [-0.2, -0.15) is 0 Å². The summed E-state index contributed by atoms with van der Waals surface area (Å²) in [7, 11) is 0. The predicted octanol–water partition coefficient (Wildman–Crippen LogP) is 2.50. The zero-order valence-electron chi connectivity index (χ0n) is 10.2. The second-order valence-corrected chi connectivity index (χ2v) is 5.44. The van der Waals surface area contributed by atoms with Crippen molar-refractivity contribution in [2.24, 2.45) is 5.92 Å². The van der Waals surface area contributed by atoms with Gasteiger partial charge in [-0.1, -0.05) is 19.3 Å². The van der Waals surface area contributed by atoms with E-state index in [0.717, 1.165) is 5.92 Å². The molecule has 0 amide bonds. The number of carbonyl (C=O) groups is 1. The van der Waals surface area contributed by atoms with Gasteiger partial charge in [0, 0.05) is 12.1 Å². The van der Waals surface area contributed by atoms with E-state index in [1.165, 1.54) is 44.9 Å². The van der Waals surface area contributed by atoms with E-state index in [1.807, 2.05) is 0 Å². The number of hydrogen-bond donors (Lipinski definition) is 1. The van der Waals surface area contributed by atoms with Crippen LogP contribution in [0.4, 0.5) is 0 Å². The quantitative estimate of drug-likeness (QED) is 0.781. The van der Waals surface area contributed by atoms with E-state index in [0.29, 0.717) is 12.1 Å². The summed E-state index contributed by atoms with van der Waals surface area (Å²) in [6.07, 6.45) is 9.02. The molecule has 0 saturated heterocycles. The molecular formula is C13H23NO2. The molecule has 92 valence electrons. The Labute approximate surface area is 97.8 Å². The van der Waals surface area contributed by atoms with Crippen molar-refractivity contribution >= 4 is 5.97 Å². The average molecular weight is 225 g/mol. The molecule has 1 N–H and O–H groups in total. The maximum atomic E-state index is 10.9. The Hall–Kier alpha value is -0.570. The van der Waals surface area contributed by atoms with Crippen molar-refractivity contribution in [1.82, 2.24) is 4.90 Å². The van der Waals surface area contributed by atoms with Gasteiger partial charge < -0.3 is 5.11 Å². The second kappa shape index (κ2) is 5.17. The number of nitrogens with zero attached hydrogens (tertiary/aromatic N) is 1. The number of aliphatic carboxylic acids is 1. The molecule has 2 aliphatic carbocycles. The zero-order valence-corrected chi connectivity index (χ0v) is 10.2. The summed E-state index contributed by atoms with van der Waals surface area (Å²) >= 11 is 0. The Balaban J connectivity index is 1.92. The van der Waals surface area contributed by atoms with Crippen LogP contribution in [-0.2, 0) is 4.79 Å². The molecule has 0 spiro atoms. The second-order valence-electron chi connectivity index (χ2n) is 5.44. The van der Waals surface area contributed by atoms with Gasteiger partial charge in [0.2, 0.25) is 0 Å². The normalized spacial score (nSPS) is 24.6. The first-order chi connectivity index (χ1) is 7.68. The summed E-state index contributed by atoms with van der Waals surface area (Å²) in [5.41, 5.74) is 0. The Morgan fingerprint density at radius 2 is 1.88 bits per heavy atom. The minimum atomic E-state index is -0.672. The predicted molar refractivity (Wildman–Crippen MR) is 63.4 cm³/mol. The molecule has 2 rings (SSSR count). The lowest BCUT2D eigenvalue weighted by Crippen LogP contribution is -2.43. The lowest BCUT2D eigenvalue weighted by Gasteiger charge is -2.36. The average Bonchev–Trinajstić information content (AvgIpc) is 3.10. The summed E-state index contributed by atoms with van der Waals surface area (Å²) in [5.74, 6) is 0.0586. The van der Waals surface area contributed by atoms with E-state index in [2.05, 4.69) is 11.8 Å². The summed E-state index contributed by atoms with van der Waals surface area (Å²) in [6.45, 7) is 2.47. The molecule has 0 radical (unpaired) electrons. The Morgan fingerprint density at radius 3 is 2.38 bits per heavy atom. The van der Waals surface area contributed by atoms with Crippen LogP contribution < -0.4 is 0 Å². The van der Waals surface area contributed by atoms with Gasteiger partial charge in [0.1, 0.15) is 0 Å². The largest absolute Gasteiger partial charge is 0.480 e. The lowest BCUT2D eigenvalue weighted by molar-refractivity contribution is -0.139. The van der Waals surface area contributed by atoms with Crippen LogP contribution in [0.2, 0.25) is 0 Å². The van der Waals surface area contributed by atoms with Gasteiger partial charge >= 0.3 is 5.97 Å². The molecule has 0 aromatic rings. The molecule has 0 aromatic carbocycles. The number of carboxylic acids is 1. The van der Waals surface area contributed by atoms with Crippen molar-refractivity contribution in [2.45, 2.75) is 64.0 Å². The van der Waals surface area contributed by atoms with Gasteiger partial charge in [-0.3, -0.25) is 9.69 Å². The maximum absolute atomic E-state index is 10.9. The summed E-state index contributed by atoms with van der Waals surface area (Å²) in [5, 5.41) is 8.97. The van der Waals surface area contributed by atoms with Crippen molar-refractivity contribution in [2.75, 3.05) is 6.54 Å². The van der Waals surface area contributed by atoms with E-state index in [-0.39, 0.29) is 6.54 Å². The topological polar surface area (TPSA) is 40.5 Å². The molecule has 16 heavy (non-hydrogen) atoms. The van der Waals surface area contributed by atoms with Crippen LogP contribution >= 0.6 is 0 Å². The molecule has 1 atom stereocenters. The highest BCUT2D eigenvalue weighted by atomic mass is 16.4. The van der Waals surface area contributed by atoms with Crippen LogP contribution in [0.5, 0.6) is 0 Å². The van der Waals surface area contributed by atoms with Crippen molar-refractivity contribution in [3.05, 3.63) is 0 Å². The van der Waals surface area contributed by atoms with Crippen molar-refractivity contribution in [3.8, 4) is 0 Å².